The van der Waals surface area contributed by atoms with Crippen molar-refractivity contribution in [1.82, 2.24) is 5.32 Å². The highest BCUT2D eigenvalue weighted by atomic mass is 35.6. The van der Waals surface area contributed by atoms with Gasteiger partial charge in [0.15, 0.2) is 0 Å². The normalized spacial score (nSPS) is 13.7. The van der Waals surface area contributed by atoms with Gasteiger partial charge in [-0.3, -0.25) is 20.2 Å². The van der Waals surface area contributed by atoms with Crippen molar-refractivity contribution in [2.24, 2.45) is 0 Å². The van der Waals surface area contributed by atoms with Crippen LogP contribution in [0, 0.1) is 10.1 Å². The third kappa shape index (κ3) is 5.32. The zero-order valence-electron chi connectivity index (χ0n) is 13.8. The zero-order chi connectivity index (χ0) is 19.3. The van der Waals surface area contributed by atoms with Crippen LogP contribution in [-0.2, 0) is 6.54 Å². The molecule has 0 aliphatic carbocycles. The van der Waals surface area contributed by atoms with E-state index in [0.29, 0.717) is 11.4 Å². The minimum absolute atomic E-state index is 0.0933. The van der Waals surface area contributed by atoms with Gasteiger partial charge in [0.1, 0.15) is 12.1 Å². The summed E-state index contributed by atoms with van der Waals surface area (Å²) in [4.78, 5) is 23.8. The Morgan fingerprint density at radius 3 is 2.31 bits per heavy atom. The molecule has 0 bridgehead atoms. The second-order valence-electron chi connectivity index (χ2n) is 5.73. The van der Waals surface area contributed by atoms with E-state index in [1.807, 2.05) is 30.3 Å². The third-order valence-electron chi connectivity index (χ3n) is 3.77. The average molecular weight is 418 g/mol. The summed E-state index contributed by atoms with van der Waals surface area (Å²) in [5, 5.41) is 13.7. The maximum absolute atomic E-state index is 12.6. The molecule has 26 heavy (non-hydrogen) atoms. The molecule has 9 heteroatoms. The van der Waals surface area contributed by atoms with Crippen molar-refractivity contribution >= 4 is 46.4 Å². The molecule has 2 rings (SSSR count). The van der Waals surface area contributed by atoms with E-state index in [2.05, 4.69) is 5.32 Å². The summed E-state index contributed by atoms with van der Waals surface area (Å²) in [6.45, 7) is 0.483. The molecule has 1 amide bonds. The van der Waals surface area contributed by atoms with Crippen LogP contribution in [0.15, 0.2) is 54.6 Å². The predicted molar refractivity (Wildman–Crippen MR) is 102 cm³/mol. The Balaban J connectivity index is 2.23. The number of nitro groups is 1. The molecule has 0 saturated heterocycles. The fourth-order valence-electron chi connectivity index (χ4n) is 2.54. The Morgan fingerprint density at radius 2 is 1.73 bits per heavy atom. The van der Waals surface area contributed by atoms with Crippen molar-refractivity contribution in [1.29, 1.82) is 0 Å². The summed E-state index contributed by atoms with van der Waals surface area (Å²) < 4.78 is -1.81. The van der Waals surface area contributed by atoms with Crippen molar-refractivity contribution < 1.29 is 14.6 Å². The second kappa shape index (κ2) is 8.68. The second-order valence-corrected chi connectivity index (χ2v) is 8.10. The molecular formula is C17H17Cl3N3O3+. The number of rotatable bonds is 6. The zero-order valence-corrected chi connectivity index (χ0v) is 16.1. The maximum atomic E-state index is 12.6. The van der Waals surface area contributed by atoms with E-state index in [1.54, 1.807) is 7.05 Å². The first-order chi connectivity index (χ1) is 12.2. The Morgan fingerprint density at radius 1 is 1.15 bits per heavy atom. The molecule has 2 atom stereocenters. The molecule has 138 valence electrons. The van der Waals surface area contributed by atoms with Gasteiger partial charge in [-0.1, -0.05) is 77.3 Å². The van der Waals surface area contributed by atoms with Crippen LogP contribution in [0.2, 0.25) is 0 Å². The Labute approximate surface area is 165 Å². The van der Waals surface area contributed by atoms with Gasteiger partial charge < -0.3 is 4.90 Å². The quantitative estimate of drug-likeness (QED) is 0.328. The summed E-state index contributed by atoms with van der Waals surface area (Å²) in [6.07, 6.45) is -0.917. The van der Waals surface area contributed by atoms with E-state index >= 15 is 0 Å². The van der Waals surface area contributed by atoms with Gasteiger partial charge in [-0.15, -0.1) is 0 Å². The number of hydrogen-bond acceptors (Lipinski definition) is 3. The van der Waals surface area contributed by atoms with Crippen LogP contribution < -0.4 is 10.2 Å². The van der Waals surface area contributed by atoms with Gasteiger partial charge >= 0.3 is 0 Å². The predicted octanol–water partition coefficient (Wildman–Crippen LogP) is 2.74. The van der Waals surface area contributed by atoms with E-state index in [9.17, 15) is 14.9 Å². The maximum Gasteiger partial charge on any atom is 0.282 e. The van der Waals surface area contributed by atoms with Crippen molar-refractivity contribution in [2.45, 2.75) is 16.5 Å². The van der Waals surface area contributed by atoms with E-state index in [-0.39, 0.29) is 11.3 Å². The Hall–Kier alpha value is -1.86. The lowest BCUT2D eigenvalue weighted by molar-refractivity contribution is -0.921. The van der Waals surface area contributed by atoms with Gasteiger partial charge in [0, 0.05) is 11.6 Å². The monoisotopic (exact) mass is 416 g/mol. The first-order valence-corrected chi connectivity index (χ1v) is 8.80. The number of nitrogens with zero attached hydrogens (tertiary/aromatic N) is 1. The number of hydrogen-bond donors (Lipinski definition) is 2. The molecule has 1 unspecified atom stereocenters. The van der Waals surface area contributed by atoms with E-state index in [0.717, 1.165) is 5.56 Å². The Bertz CT molecular complexity index is 782. The van der Waals surface area contributed by atoms with Gasteiger partial charge in [0.2, 0.25) is 6.17 Å². The fraction of sp³-hybridized carbons (Fsp3) is 0.235. The molecule has 6 nitrogen and oxygen atoms in total. The van der Waals surface area contributed by atoms with Gasteiger partial charge in [0.25, 0.3) is 15.4 Å². The number of benzene rings is 2. The molecule has 2 aromatic carbocycles. The van der Waals surface area contributed by atoms with Crippen molar-refractivity contribution in [3.63, 3.8) is 0 Å². The highest BCUT2D eigenvalue weighted by Gasteiger charge is 2.41. The highest BCUT2D eigenvalue weighted by Crippen LogP contribution is 2.28. The summed E-state index contributed by atoms with van der Waals surface area (Å²) >= 11 is 18.2. The lowest BCUT2D eigenvalue weighted by atomic mass is 10.1. The molecule has 2 aromatic rings. The van der Waals surface area contributed by atoms with Crippen LogP contribution in [-0.4, -0.2) is 27.8 Å². The molecule has 2 N–H and O–H groups in total. The number of carbonyl (C=O) groups is 1. The SMILES string of the molecule is C[NH+](Cc1ccccc1)[C@H](NC(=O)c1ccccc1[N+](=O)[O-])C(Cl)(Cl)Cl. The third-order valence-corrected chi connectivity index (χ3v) is 4.42. The lowest BCUT2D eigenvalue weighted by Gasteiger charge is -2.30. The molecule has 0 aliphatic heterocycles. The molecule has 0 fully saturated rings. The van der Waals surface area contributed by atoms with Crippen molar-refractivity contribution in [3.05, 3.63) is 75.8 Å². The van der Waals surface area contributed by atoms with Crippen LogP contribution in [0.4, 0.5) is 5.69 Å². The minimum atomic E-state index is -1.81. The molecule has 0 aliphatic rings. The van der Waals surface area contributed by atoms with Gasteiger partial charge in [-0.05, 0) is 6.07 Å². The lowest BCUT2D eigenvalue weighted by Crippen LogP contribution is -3.15. The number of para-hydroxylation sites is 1. The molecular weight excluding hydrogens is 401 g/mol. The summed E-state index contributed by atoms with van der Waals surface area (Å²) in [5.41, 5.74) is 0.585. The molecule has 0 saturated carbocycles. The fourth-order valence-corrected chi connectivity index (χ4v) is 3.26. The van der Waals surface area contributed by atoms with Crippen LogP contribution in [0.1, 0.15) is 15.9 Å². The van der Waals surface area contributed by atoms with Crippen molar-refractivity contribution in [3.8, 4) is 0 Å². The van der Waals surface area contributed by atoms with Gasteiger partial charge in [0.05, 0.1) is 12.0 Å². The number of amides is 1. The standard InChI is InChI=1S/C17H16Cl3N3O3/c1-22(11-12-7-3-2-4-8-12)16(17(18,19)20)21-15(24)13-9-5-6-10-14(13)23(25)26/h2-10,16H,11H2,1H3,(H,21,24)/p+1/t16-/m0/s1. The first kappa shape index (κ1) is 20.5. The van der Waals surface area contributed by atoms with Crippen LogP contribution in [0.5, 0.6) is 0 Å². The molecule has 0 radical (unpaired) electrons. The van der Waals surface area contributed by atoms with E-state index < -0.39 is 20.8 Å². The van der Waals surface area contributed by atoms with Crippen molar-refractivity contribution in [2.75, 3.05) is 7.05 Å². The number of halogens is 3. The minimum Gasteiger partial charge on any atom is -0.310 e. The number of nitrogens with one attached hydrogen (secondary N) is 2. The summed E-state index contributed by atoms with van der Waals surface area (Å²) in [5.74, 6) is -0.680. The molecule has 0 aromatic heterocycles. The number of quaternary nitrogens is 1. The van der Waals surface area contributed by atoms with Crippen LogP contribution >= 0.6 is 34.8 Å². The number of carbonyl (C=O) groups excluding carboxylic acids is 1. The number of alkyl halides is 3. The van der Waals surface area contributed by atoms with Crippen LogP contribution in [0.25, 0.3) is 0 Å². The highest BCUT2D eigenvalue weighted by molar-refractivity contribution is 6.68. The Kier molecular flexibility index (Phi) is 6.83. The van der Waals surface area contributed by atoms with E-state index in [1.165, 1.54) is 24.3 Å². The topological polar surface area (TPSA) is 76.7 Å². The van der Waals surface area contributed by atoms with E-state index in [4.69, 9.17) is 34.8 Å². The molecule has 0 heterocycles. The average Bonchev–Trinajstić information content (AvgIpc) is 2.59. The summed E-state index contributed by atoms with van der Waals surface area (Å²) in [7, 11) is 1.76. The largest absolute Gasteiger partial charge is 0.310 e. The first-order valence-electron chi connectivity index (χ1n) is 7.67. The smallest absolute Gasteiger partial charge is 0.282 e. The number of nitro benzene ring substituents is 1. The van der Waals surface area contributed by atoms with Gasteiger partial charge in [-0.25, -0.2) is 0 Å². The van der Waals surface area contributed by atoms with Crippen LogP contribution in [0.3, 0.4) is 0 Å². The summed E-state index contributed by atoms with van der Waals surface area (Å²) in [6, 6.07) is 15.1. The molecule has 0 spiro atoms. The van der Waals surface area contributed by atoms with Gasteiger partial charge in [-0.2, -0.15) is 0 Å².